The van der Waals surface area contributed by atoms with Crippen LogP contribution in [0.2, 0.25) is 0 Å². The van der Waals surface area contributed by atoms with Crippen molar-refractivity contribution < 1.29 is 4.39 Å². The fourth-order valence-electron chi connectivity index (χ4n) is 1.60. The van der Waals surface area contributed by atoms with Crippen molar-refractivity contribution in [1.82, 2.24) is 0 Å². The van der Waals surface area contributed by atoms with Crippen molar-refractivity contribution in [2.24, 2.45) is 0 Å². The summed E-state index contributed by atoms with van der Waals surface area (Å²) < 4.78 is 14.1. The van der Waals surface area contributed by atoms with Gasteiger partial charge in [-0.2, -0.15) is 0 Å². The van der Waals surface area contributed by atoms with E-state index in [9.17, 15) is 4.39 Å². The molecule has 0 aromatic heterocycles. The fraction of sp³-hybridized carbons (Fsp3) is 0.286. The maximum Gasteiger partial charge on any atom is 0.131 e. The Balaban J connectivity index is 2.81. The van der Waals surface area contributed by atoms with Crippen LogP contribution in [0, 0.1) is 0 Å². The number of hydrogen-bond acceptors (Lipinski definition) is 0. The average Bonchev–Trinajstić information content (AvgIpc) is 2.27. The molecule has 0 aromatic rings. The van der Waals surface area contributed by atoms with Gasteiger partial charge in [-0.25, -0.2) is 4.39 Å². The summed E-state index contributed by atoms with van der Waals surface area (Å²) in [5.74, 6) is -0.318. The molecular formula is C14H16BrF. The monoisotopic (exact) mass is 282 g/mol. The molecule has 0 bridgehead atoms. The first kappa shape index (κ1) is 13.2. The zero-order valence-electron chi connectivity index (χ0n) is 9.52. The van der Waals surface area contributed by atoms with Gasteiger partial charge in [-0.05, 0) is 30.9 Å². The lowest BCUT2D eigenvalue weighted by atomic mass is 9.92. The Morgan fingerprint density at radius 2 is 2.12 bits per heavy atom. The van der Waals surface area contributed by atoms with E-state index in [-0.39, 0.29) is 5.83 Å². The van der Waals surface area contributed by atoms with E-state index < -0.39 is 0 Å². The minimum atomic E-state index is -0.318. The van der Waals surface area contributed by atoms with Crippen LogP contribution in [0.4, 0.5) is 4.39 Å². The third-order valence-corrected chi connectivity index (χ3v) is 2.88. The van der Waals surface area contributed by atoms with E-state index >= 15 is 0 Å². The number of rotatable bonds is 4. The first-order chi connectivity index (χ1) is 7.54. The minimum Gasteiger partial charge on any atom is -0.206 e. The van der Waals surface area contributed by atoms with Gasteiger partial charge in [0.05, 0.1) is 0 Å². The number of halogens is 2. The zero-order chi connectivity index (χ0) is 12.1. The first-order valence-corrected chi connectivity index (χ1v) is 6.13. The Morgan fingerprint density at radius 3 is 2.56 bits per heavy atom. The molecule has 1 rings (SSSR count). The second-order valence-electron chi connectivity index (χ2n) is 3.79. The highest BCUT2D eigenvalue weighted by molar-refractivity contribution is 9.11. The summed E-state index contributed by atoms with van der Waals surface area (Å²) in [7, 11) is 0. The van der Waals surface area contributed by atoms with E-state index in [1.165, 1.54) is 11.6 Å². The standard InChI is InChI=1S/C14H16BrF/c1-4-12-5-7-13(8-6-12)11(3)14(16)9-10(2)15/h5,7,9H,2-4,6,8H2,1H3/b14-9+. The molecule has 1 aliphatic rings. The SMILES string of the molecule is C=C(Br)/C=C(/F)C(=C)C1=CC=C(CC)CC1. The minimum absolute atomic E-state index is 0.318. The maximum atomic E-state index is 13.6. The number of hydrogen-bond donors (Lipinski definition) is 0. The second kappa shape index (κ2) is 6.00. The van der Waals surface area contributed by atoms with Gasteiger partial charge in [0.15, 0.2) is 0 Å². The molecule has 0 spiro atoms. The van der Waals surface area contributed by atoms with Crippen molar-refractivity contribution in [3.63, 3.8) is 0 Å². The summed E-state index contributed by atoms with van der Waals surface area (Å²) in [5, 5.41) is 0. The highest BCUT2D eigenvalue weighted by atomic mass is 79.9. The van der Waals surface area contributed by atoms with Crippen molar-refractivity contribution in [1.29, 1.82) is 0 Å². The van der Waals surface area contributed by atoms with Crippen LogP contribution in [-0.2, 0) is 0 Å². The lowest BCUT2D eigenvalue weighted by Crippen LogP contribution is -1.96. The molecule has 0 saturated carbocycles. The van der Waals surface area contributed by atoms with Crippen molar-refractivity contribution in [2.45, 2.75) is 26.2 Å². The molecule has 0 saturated heterocycles. The number of allylic oxidation sites excluding steroid dienone is 8. The Bertz CT molecular complexity index is 397. The smallest absolute Gasteiger partial charge is 0.131 e. The molecule has 0 heterocycles. The molecule has 0 amide bonds. The highest BCUT2D eigenvalue weighted by Crippen LogP contribution is 2.29. The third kappa shape index (κ3) is 3.60. The van der Waals surface area contributed by atoms with Crippen molar-refractivity contribution in [2.75, 3.05) is 0 Å². The van der Waals surface area contributed by atoms with Gasteiger partial charge < -0.3 is 0 Å². The van der Waals surface area contributed by atoms with Gasteiger partial charge in [-0.3, -0.25) is 0 Å². The summed E-state index contributed by atoms with van der Waals surface area (Å²) in [4.78, 5) is 0. The summed E-state index contributed by atoms with van der Waals surface area (Å²) in [6.45, 7) is 9.49. The van der Waals surface area contributed by atoms with Crippen LogP contribution < -0.4 is 0 Å². The van der Waals surface area contributed by atoms with E-state index in [0.717, 1.165) is 24.8 Å². The van der Waals surface area contributed by atoms with Gasteiger partial charge in [0, 0.05) is 10.1 Å². The van der Waals surface area contributed by atoms with Crippen LogP contribution in [0.3, 0.4) is 0 Å². The van der Waals surface area contributed by atoms with Crippen molar-refractivity contribution in [3.8, 4) is 0 Å². The van der Waals surface area contributed by atoms with Gasteiger partial charge >= 0.3 is 0 Å². The average molecular weight is 283 g/mol. The first-order valence-electron chi connectivity index (χ1n) is 5.34. The lowest BCUT2D eigenvalue weighted by molar-refractivity contribution is 0.651. The predicted molar refractivity (Wildman–Crippen MR) is 72.1 cm³/mol. The van der Waals surface area contributed by atoms with E-state index in [1.54, 1.807) is 0 Å². The quantitative estimate of drug-likeness (QED) is 0.609. The van der Waals surface area contributed by atoms with E-state index in [0.29, 0.717) is 10.1 Å². The Morgan fingerprint density at radius 1 is 1.44 bits per heavy atom. The topological polar surface area (TPSA) is 0 Å². The molecule has 0 radical (unpaired) electrons. The summed E-state index contributed by atoms with van der Waals surface area (Å²) in [5.41, 5.74) is 2.84. The second-order valence-corrected chi connectivity index (χ2v) is 4.81. The van der Waals surface area contributed by atoms with Crippen LogP contribution in [0.5, 0.6) is 0 Å². The molecule has 0 nitrogen and oxygen atoms in total. The zero-order valence-corrected chi connectivity index (χ0v) is 11.1. The molecule has 1 aliphatic carbocycles. The Kier molecular flexibility index (Phi) is 4.94. The molecule has 16 heavy (non-hydrogen) atoms. The van der Waals surface area contributed by atoms with E-state index in [2.05, 4.69) is 42.1 Å². The molecule has 0 fully saturated rings. The van der Waals surface area contributed by atoms with Gasteiger partial charge in [-0.1, -0.05) is 53.7 Å². The molecule has 0 atom stereocenters. The van der Waals surface area contributed by atoms with Crippen molar-refractivity contribution in [3.05, 3.63) is 58.4 Å². The van der Waals surface area contributed by atoms with E-state index in [4.69, 9.17) is 0 Å². The van der Waals surface area contributed by atoms with Gasteiger partial charge in [-0.15, -0.1) is 0 Å². The molecule has 0 aliphatic heterocycles. The van der Waals surface area contributed by atoms with Crippen LogP contribution in [-0.4, -0.2) is 0 Å². The molecule has 0 unspecified atom stereocenters. The Hall–Kier alpha value is -0.890. The third-order valence-electron chi connectivity index (χ3n) is 2.65. The fourth-order valence-corrected chi connectivity index (χ4v) is 1.81. The van der Waals surface area contributed by atoms with Gasteiger partial charge in [0.25, 0.3) is 0 Å². The largest absolute Gasteiger partial charge is 0.206 e. The maximum absolute atomic E-state index is 13.6. The molecule has 86 valence electrons. The molecular weight excluding hydrogens is 267 g/mol. The van der Waals surface area contributed by atoms with Crippen LogP contribution in [0.15, 0.2) is 58.4 Å². The van der Waals surface area contributed by atoms with Crippen molar-refractivity contribution >= 4 is 15.9 Å². The lowest BCUT2D eigenvalue weighted by Gasteiger charge is -2.14. The Labute approximate surface area is 105 Å². The molecule has 0 N–H and O–H groups in total. The van der Waals surface area contributed by atoms with Gasteiger partial charge in [0.1, 0.15) is 5.83 Å². The van der Waals surface area contributed by atoms with Crippen LogP contribution in [0.25, 0.3) is 0 Å². The normalized spacial score (nSPS) is 16.6. The van der Waals surface area contributed by atoms with E-state index in [1.807, 2.05) is 6.08 Å². The highest BCUT2D eigenvalue weighted by Gasteiger charge is 2.11. The van der Waals surface area contributed by atoms with Crippen LogP contribution >= 0.6 is 15.9 Å². The predicted octanol–water partition coefficient (Wildman–Crippen LogP) is 5.36. The summed E-state index contributed by atoms with van der Waals surface area (Å²) in [6, 6.07) is 0. The summed E-state index contributed by atoms with van der Waals surface area (Å²) in [6.07, 6.45) is 8.32. The van der Waals surface area contributed by atoms with Crippen LogP contribution in [0.1, 0.15) is 26.2 Å². The van der Waals surface area contributed by atoms with Gasteiger partial charge in [0.2, 0.25) is 0 Å². The molecule has 0 aromatic carbocycles. The summed E-state index contributed by atoms with van der Waals surface area (Å²) >= 11 is 3.10. The molecule has 2 heteroatoms.